The van der Waals surface area contributed by atoms with E-state index in [0.717, 1.165) is 24.8 Å². The summed E-state index contributed by atoms with van der Waals surface area (Å²) in [6.45, 7) is 0. The number of hydrogen-bond donors (Lipinski definition) is 0. The van der Waals surface area contributed by atoms with Crippen LogP contribution in [0.15, 0.2) is 30.3 Å². The van der Waals surface area contributed by atoms with E-state index in [0.29, 0.717) is 17.8 Å². The van der Waals surface area contributed by atoms with Crippen molar-refractivity contribution in [3.63, 3.8) is 0 Å². The summed E-state index contributed by atoms with van der Waals surface area (Å²) in [7, 11) is 3.41. The Kier molecular flexibility index (Phi) is 4.09. The van der Waals surface area contributed by atoms with Gasteiger partial charge >= 0.3 is 5.97 Å². The number of carbonyl (C=O) groups excluding carboxylic acids is 2. The molecule has 1 amide bonds. The van der Waals surface area contributed by atoms with Crippen molar-refractivity contribution in [1.82, 2.24) is 4.90 Å². The highest BCUT2D eigenvalue weighted by Crippen LogP contribution is 2.60. The average molecular weight is 341 g/mol. The van der Waals surface area contributed by atoms with Crippen LogP contribution in [0.1, 0.15) is 50.2 Å². The first-order valence-corrected chi connectivity index (χ1v) is 9.44. The van der Waals surface area contributed by atoms with Crippen molar-refractivity contribution in [2.24, 2.45) is 23.2 Å². The maximum atomic E-state index is 13.2. The molecule has 4 heteroatoms. The number of hydrogen-bond acceptors (Lipinski definition) is 3. The van der Waals surface area contributed by atoms with Gasteiger partial charge in [0.1, 0.15) is 0 Å². The summed E-state index contributed by atoms with van der Waals surface area (Å²) in [5.41, 5.74) is 0.410. The number of rotatable bonds is 4. The van der Waals surface area contributed by atoms with E-state index in [2.05, 4.69) is 0 Å². The summed E-state index contributed by atoms with van der Waals surface area (Å²) in [5.74, 6) is 1.72. The van der Waals surface area contributed by atoms with Gasteiger partial charge in [0, 0.05) is 19.7 Å². The molecule has 1 atom stereocenters. The molecule has 0 aliphatic heterocycles. The average Bonchev–Trinajstić information content (AvgIpc) is 2.58. The molecular weight excluding hydrogens is 314 g/mol. The van der Waals surface area contributed by atoms with Crippen molar-refractivity contribution < 1.29 is 14.3 Å². The van der Waals surface area contributed by atoms with Gasteiger partial charge in [-0.3, -0.25) is 9.59 Å². The molecule has 25 heavy (non-hydrogen) atoms. The van der Waals surface area contributed by atoms with Crippen molar-refractivity contribution in [2.45, 2.75) is 44.6 Å². The molecule has 5 rings (SSSR count). The van der Waals surface area contributed by atoms with Crippen LogP contribution in [0.5, 0.6) is 0 Å². The van der Waals surface area contributed by atoms with Crippen LogP contribution >= 0.6 is 0 Å². The second kappa shape index (κ2) is 6.15. The Balaban J connectivity index is 1.58. The van der Waals surface area contributed by atoms with Crippen LogP contribution in [0.25, 0.3) is 0 Å². The lowest BCUT2D eigenvalue weighted by Gasteiger charge is -2.55. The second-order valence-corrected chi connectivity index (χ2v) is 8.63. The zero-order chi connectivity index (χ0) is 17.6. The van der Waals surface area contributed by atoms with E-state index in [1.54, 1.807) is 14.1 Å². The quantitative estimate of drug-likeness (QED) is 0.787. The molecule has 4 bridgehead atoms. The van der Waals surface area contributed by atoms with Crippen molar-refractivity contribution >= 4 is 11.9 Å². The lowest BCUT2D eigenvalue weighted by Crippen LogP contribution is -2.51. The molecule has 0 saturated heterocycles. The van der Waals surface area contributed by atoms with Gasteiger partial charge in [0.15, 0.2) is 0 Å². The molecule has 0 N–H and O–H groups in total. The van der Waals surface area contributed by atoms with Crippen LogP contribution in [-0.4, -0.2) is 30.9 Å². The Morgan fingerprint density at radius 3 is 2.00 bits per heavy atom. The van der Waals surface area contributed by atoms with Gasteiger partial charge in [-0.1, -0.05) is 30.3 Å². The highest BCUT2D eigenvalue weighted by molar-refractivity contribution is 5.86. The van der Waals surface area contributed by atoms with Gasteiger partial charge in [-0.15, -0.1) is 0 Å². The monoisotopic (exact) mass is 341 g/mol. The predicted octanol–water partition coefficient (Wildman–Crippen LogP) is 3.58. The van der Waals surface area contributed by atoms with Crippen LogP contribution in [0.3, 0.4) is 0 Å². The van der Waals surface area contributed by atoms with Gasteiger partial charge in [-0.25, -0.2) is 0 Å². The topological polar surface area (TPSA) is 46.6 Å². The van der Waals surface area contributed by atoms with Crippen molar-refractivity contribution in [2.75, 3.05) is 14.1 Å². The van der Waals surface area contributed by atoms with Crippen molar-refractivity contribution in [3.05, 3.63) is 35.9 Å². The molecule has 0 spiro atoms. The normalized spacial score (nSPS) is 33.8. The fourth-order valence-corrected chi connectivity index (χ4v) is 5.72. The number of carbonyl (C=O) groups is 2. The Hall–Kier alpha value is -1.84. The van der Waals surface area contributed by atoms with Crippen LogP contribution in [0.2, 0.25) is 0 Å². The fraction of sp³-hybridized carbons (Fsp3) is 0.619. The van der Waals surface area contributed by atoms with Gasteiger partial charge in [0.05, 0.1) is 5.41 Å². The van der Waals surface area contributed by atoms with E-state index in [4.69, 9.17) is 4.74 Å². The van der Waals surface area contributed by atoms with E-state index in [9.17, 15) is 9.59 Å². The summed E-state index contributed by atoms with van der Waals surface area (Å²) in [4.78, 5) is 27.4. The largest absolute Gasteiger partial charge is 0.447 e. The molecule has 4 aliphatic rings. The standard InChI is InChI=1S/C21H27NO3/c1-22(2)19(23)18(17-6-4-3-5-7-17)25-20(24)21-11-14-8-15(12-21)10-16(9-14)13-21/h3-7,14-16,18H,8-13H2,1-2H3/t14?,15?,16?,18-,21?/m1/s1. The highest BCUT2D eigenvalue weighted by Gasteiger charge is 2.56. The SMILES string of the molecule is CN(C)C(=O)[C@H](OC(=O)C12CC3CC(CC(C3)C1)C2)c1ccccc1. The lowest BCUT2D eigenvalue weighted by atomic mass is 9.49. The predicted molar refractivity (Wildman–Crippen MR) is 94.6 cm³/mol. The minimum Gasteiger partial charge on any atom is -0.447 e. The molecule has 134 valence electrons. The number of amides is 1. The Morgan fingerprint density at radius 1 is 1.00 bits per heavy atom. The number of ether oxygens (including phenoxy) is 1. The summed E-state index contributed by atoms with van der Waals surface area (Å²) in [6.07, 6.45) is 5.87. The molecule has 4 saturated carbocycles. The van der Waals surface area contributed by atoms with E-state index < -0.39 is 6.10 Å². The zero-order valence-electron chi connectivity index (χ0n) is 15.1. The van der Waals surface area contributed by atoms with Crippen LogP contribution in [0, 0.1) is 23.2 Å². The molecule has 0 unspecified atom stereocenters. The second-order valence-electron chi connectivity index (χ2n) is 8.63. The fourth-order valence-electron chi connectivity index (χ4n) is 5.72. The van der Waals surface area contributed by atoms with Gasteiger partial charge in [0.2, 0.25) is 6.10 Å². The summed E-state index contributed by atoms with van der Waals surface area (Å²) in [6, 6.07) is 9.38. The van der Waals surface area contributed by atoms with Gasteiger partial charge in [-0.05, 0) is 56.3 Å². The first-order chi connectivity index (χ1) is 12.0. The molecule has 0 aromatic heterocycles. The van der Waals surface area contributed by atoms with E-state index in [1.165, 1.54) is 24.2 Å². The first kappa shape index (κ1) is 16.6. The smallest absolute Gasteiger partial charge is 0.313 e. The Bertz CT molecular complexity index is 632. The molecule has 4 nitrogen and oxygen atoms in total. The molecule has 4 fully saturated rings. The van der Waals surface area contributed by atoms with E-state index in [-0.39, 0.29) is 17.3 Å². The third kappa shape index (κ3) is 2.96. The number of benzene rings is 1. The lowest BCUT2D eigenvalue weighted by molar-refractivity contribution is -0.181. The van der Waals surface area contributed by atoms with E-state index in [1.807, 2.05) is 30.3 Å². The molecule has 0 radical (unpaired) electrons. The minimum absolute atomic E-state index is 0.143. The van der Waals surface area contributed by atoms with E-state index >= 15 is 0 Å². The Labute approximate surface area is 149 Å². The van der Waals surface area contributed by atoms with Crippen LogP contribution < -0.4 is 0 Å². The third-order valence-electron chi connectivity index (χ3n) is 6.46. The van der Waals surface area contributed by atoms with Crippen LogP contribution in [0.4, 0.5) is 0 Å². The van der Waals surface area contributed by atoms with Gasteiger partial charge in [-0.2, -0.15) is 0 Å². The summed E-state index contributed by atoms with van der Waals surface area (Å²) < 4.78 is 5.91. The molecule has 0 heterocycles. The number of esters is 1. The maximum Gasteiger partial charge on any atom is 0.313 e. The molecule has 1 aromatic rings. The third-order valence-corrected chi connectivity index (χ3v) is 6.46. The minimum atomic E-state index is -0.836. The molecule has 1 aromatic carbocycles. The zero-order valence-corrected chi connectivity index (χ0v) is 15.1. The highest BCUT2D eigenvalue weighted by atomic mass is 16.5. The molecule has 4 aliphatic carbocycles. The van der Waals surface area contributed by atoms with Crippen molar-refractivity contribution in [3.8, 4) is 0 Å². The van der Waals surface area contributed by atoms with Gasteiger partial charge in [0.25, 0.3) is 5.91 Å². The Morgan fingerprint density at radius 2 is 1.52 bits per heavy atom. The maximum absolute atomic E-state index is 13.2. The van der Waals surface area contributed by atoms with Crippen molar-refractivity contribution in [1.29, 1.82) is 0 Å². The number of nitrogens with zero attached hydrogens (tertiary/aromatic N) is 1. The first-order valence-electron chi connectivity index (χ1n) is 9.44. The number of likely N-dealkylation sites (N-methyl/N-ethyl adjacent to an activating group) is 1. The van der Waals surface area contributed by atoms with Crippen LogP contribution in [-0.2, 0) is 14.3 Å². The summed E-state index contributed by atoms with van der Waals surface area (Å²) in [5, 5.41) is 0. The van der Waals surface area contributed by atoms with Gasteiger partial charge < -0.3 is 9.64 Å². The molecular formula is C21H27NO3. The summed E-state index contributed by atoms with van der Waals surface area (Å²) >= 11 is 0.